The van der Waals surface area contributed by atoms with E-state index in [0.717, 1.165) is 0 Å². The Morgan fingerprint density at radius 2 is 2.00 bits per heavy atom. The normalized spacial score (nSPS) is 11.4. The number of nitriles is 1. The third-order valence-electron chi connectivity index (χ3n) is 1.26. The van der Waals surface area contributed by atoms with Crippen LogP contribution in [-0.4, -0.2) is 9.82 Å². The fourth-order valence-electron chi connectivity index (χ4n) is 0.708. The van der Waals surface area contributed by atoms with Crippen molar-refractivity contribution < 1.29 is 0 Å². The molecule has 0 aliphatic heterocycles. The average molecular weight is 242 g/mol. The minimum absolute atomic E-state index is 0.226. The molecule has 0 atom stereocenters. The van der Waals surface area contributed by atoms with Crippen LogP contribution in [0.4, 0.5) is 5.69 Å². The number of azo groups is 1. The summed E-state index contributed by atoms with van der Waals surface area (Å²) in [5, 5.41) is 18.7. The van der Waals surface area contributed by atoms with Crippen LogP contribution in [0.25, 0.3) is 0 Å². The molecule has 0 N–H and O–H groups in total. The predicted molar refractivity (Wildman–Crippen MR) is 57.6 cm³/mol. The minimum Gasteiger partial charge on any atom is -0.169 e. The highest BCUT2D eigenvalue weighted by Gasteiger charge is 1.95. The van der Waals surface area contributed by atoms with Crippen LogP contribution in [0.2, 0.25) is 0 Å². The maximum Gasteiger partial charge on any atom is 0.262 e. The molecule has 76 valence electrons. The highest BCUT2D eigenvalue weighted by Crippen LogP contribution is 2.11. The van der Waals surface area contributed by atoms with Gasteiger partial charge in [0.05, 0.1) is 5.69 Å². The van der Waals surface area contributed by atoms with Crippen molar-refractivity contribution in [1.29, 1.82) is 5.26 Å². The van der Waals surface area contributed by atoms with Gasteiger partial charge in [0.25, 0.3) is 5.29 Å². The Morgan fingerprint density at radius 1 is 1.33 bits per heavy atom. The first-order chi connectivity index (χ1) is 7.22. The summed E-state index contributed by atoms with van der Waals surface area (Å²) in [6.07, 6.45) is 1.52. The molecule has 15 heavy (non-hydrogen) atoms. The van der Waals surface area contributed by atoms with Crippen molar-refractivity contribution in [3.63, 3.8) is 0 Å². The lowest BCUT2D eigenvalue weighted by atomic mass is 10.3. The van der Waals surface area contributed by atoms with Crippen molar-refractivity contribution in [2.75, 3.05) is 0 Å². The molecule has 5 nitrogen and oxygen atoms in total. The highest BCUT2D eigenvalue weighted by atomic mass is 35.5. The highest BCUT2D eigenvalue weighted by molar-refractivity contribution is 6.65. The van der Waals surface area contributed by atoms with E-state index in [1.165, 1.54) is 6.19 Å². The van der Waals surface area contributed by atoms with Crippen LogP contribution in [0, 0.1) is 11.5 Å². The molecule has 0 fully saturated rings. The summed E-state index contributed by atoms with van der Waals surface area (Å²) in [4.78, 5) is 0. The number of hydrogen-bond acceptors (Lipinski definition) is 4. The Kier molecular flexibility index (Phi) is 4.54. The van der Waals surface area contributed by atoms with Gasteiger partial charge in [-0.05, 0) is 23.7 Å². The van der Waals surface area contributed by atoms with Crippen molar-refractivity contribution in [2.45, 2.75) is 0 Å². The molecule has 1 rings (SSSR count). The Bertz CT molecular complexity index is 409. The van der Waals surface area contributed by atoms with Gasteiger partial charge in [-0.25, -0.2) is 0 Å². The summed E-state index contributed by atoms with van der Waals surface area (Å²) < 4.78 is 0.465. The second-order valence-corrected chi connectivity index (χ2v) is 2.92. The Morgan fingerprint density at radius 3 is 2.60 bits per heavy atom. The lowest BCUT2D eigenvalue weighted by Gasteiger charge is -1.93. The summed E-state index contributed by atoms with van der Waals surface area (Å²) >= 11 is 10.8. The number of hydrazone groups is 1. The summed E-state index contributed by atoms with van der Waals surface area (Å²) in [6.45, 7) is 0. The second-order valence-electron chi connectivity index (χ2n) is 2.26. The first kappa shape index (κ1) is 11.4. The summed E-state index contributed by atoms with van der Waals surface area (Å²) in [5.41, 5.74) is 0.629. The van der Waals surface area contributed by atoms with Gasteiger partial charge in [0.15, 0.2) is 0 Å². The van der Waals surface area contributed by atoms with Crippen molar-refractivity contribution in [2.24, 2.45) is 15.3 Å². The van der Waals surface area contributed by atoms with Gasteiger partial charge in [0.2, 0.25) is 6.19 Å². The van der Waals surface area contributed by atoms with Gasteiger partial charge in [-0.3, -0.25) is 0 Å². The van der Waals surface area contributed by atoms with Crippen LogP contribution in [0.5, 0.6) is 0 Å². The molecular formula is C8H5Cl2N5. The van der Waals surface area contributed by atoms with Gasteiger partial charge >= 0.3 is 0 Å². The van der Waals surface area contributed by atoms with Crippen LogP contribution in [0.1, 0.15) is 0 Å². The first-order valence-electron chi connectivity index (χ1n) is 3.79. The summed E-state index contributed by atoms with van der Waals surface area (Å²) in [6, 6.07) is 8.96. The van der Waals surface area contributed by atoms with E-state index in [9.17, 15) is 0 Å². The number of nitrogens with zero attached hydrogens (tertiary/aromatic N) is 5. The van der Waals surface area contributed by atoms with Crippen LogP contribution in [0.3, 0.4) is 0 Å². The Labute approximate surface area is 96.3 Å². The van der Waals surface area contributed by atoms with E-state index >= 15 is 0 Å². The zero-order valence-corrected chi connectivity index (χ0v) is 8.89. The van der Waals surface area contributed by atoms with Crippen molar-refractivity contribution in [1.82, 2.24) is 4.53 Å². The predicted octanol–water partition coefficient (Wildman–Crippen LogP) is 3.22. The quantitative estimate of drug-likeness (QED) is 0.117. The maximum atomic E-state index is 8.27. The van der Waals surface area contributed by atoms with Crippen molar-refractivity contribution in [3.8, 4) is 6.19 Å². The van der Waals surface area contributed by atoms with Crippen LogP contribution in [0.15, 0.2) is 45.7 Å². The number of amidine groups is 1. The van der Waals surface area contributed by atoms with Gasteiger partial charge in [-0.1, -0.05) is 22.7 Å². The van der Waals surface area contributed by atoms with E-state index < -0.39 is 0 Å². The Balaban J connectivity index is 2.67. The summed E-state index contributed by atoms with van der Waals surface area (Å²) in [5.74, 6) is 0. The number of hydrogen-bond donors (Lipinski definition) is 0. The van der Waals surface area contributed by atoms with Gasteiger partial charge in [0, 0.05) is 11.8 Å². The Hall–Kier alpha value is -1.64. The molecule has 0 aliphatic rings. The zero-order chi connectivity index (χ0) is 11.1. The van der Waals surface area contributed by atoms with Gasteiger partial charge in [-0.2, -0.15) is 5.26 Å². The molecule has 1 aromatic carbocycles. The van der Waals surface area contributed by atoms with E-state index in [1.807, 2.05) is 18.2 Å². The number of halogens is 2. The molecule has 0 unspecified atom stereocenters. The molecule has 0 saturated carbocycles. The van der Waals surface area contributed by atoms with Crippen molar-refractivity contribution in [3.05, 3.63) is 30.3 Å². The lowest BCUT2D eigenvalue weighted by molar-refractivity contribution is 0.678. The SMILES string of the molecule is N#CN(Cl)N=C(Cl)N=Nc1ccccc1. The minimum atomic E-state index is -0.226. The lowest BCUT2D eigenvalue weighted by Crippen LogP contribution is -1.95. The molecular weight excluding hydrogens is 237 g/mol. The molecule has 7 heteroatoms. The fourth-order valence-corrected chi connectivity index (χ4v) is 0.932. The fraction of sp³-hybridized carbons (Fsp3) is 0. The standard InChI is InChI=1S/C8H5Cl2N5/c9-8(14-15(10)6-11)13-12-7-4-2-1-3-5-7/h1-5H. The first-order valence-corrected chi connectivity index (χ1v) is 4.50. The van der Waals surface area contributed by atoms with Gasteiger partial charge in [-0.15, -0.1) is 15.3 Å². The molecule has 1 aromatic rings. The van der Waals surface area contributed by atoms with Gasteiger partial charge < -0.3 is 0 Å². The third kappa shape index (κ3) is 4.40. The van der Waals surface area contributed by atoms with Gasteiger partial charge in [0.1, 0.15) is 0 Å². The molecule has 0 amide bonds. The maximum absolute atomic E-state index is 8.27. The number of benzene rings is 1. The average Bonchev–Trinajstić information content (AvgIpc) is 2.27. The summed E-state index contributed by atoms with van der Waals surface area (Å²) in [7, 11) is 0. The second kappa shape index (κ2) is 5.96. The molecule has 0 bridgehead atoms. The zero-order valence-electron chi connectivity index (χ0n) is 7.38. The van der Waals surface area contributed by atoms with E-state index in [0.29, 0.717) is 10.2 Å². The van der Waals surface area contributed by atoms with Crippen LogP contribution < -0.4 is 0 Å². The molecule has 0 radical (unpaired) electrons. The molecule has 0 spiro atoms. The number of rotatable bonds is 2. The topological polar surface area (TPSA) is 64.1 Å². The largest absolute Gasteiger partial charge is 0.262 e. The molecule has 0 aromatic heterocycles. The third-order valence-corrected chi connectivity index (χ3v) is 1.56. The molecule has 0 aliphatic carbocycles. The molecule has 0 heterocycles. The van der Waals surface area contributed by atoms with E-state index in [-0.39, 0.29) is 5.29 Å². The van der Waals surface area contributed by atoms with Crippen LogP contribution >= 0.6 is 23.4 Å². The van der Waals surface area contributed by atoms with E-state index in [1.54, 1.807) is 12.1 Å². The monoisotopic (exact) mass is 241 g/mol. The van der Waals surface area contributed by atoms with Crippen LogP contribution in [-0.2, 0) is 0 Å². The van der Waals surface area contributed by atoms with E-state index in [4.69, 9.17) is 28.6 Å². The molecule has 0 saturated heterocycles. The smallest absolute Gasteiger partial charge is 0.169 e. The van der Waals surface area contributed by atoms with Crippen molar-refractivity contribution >= 4 is 34.4 Å². The van der Waals surface area contributed by atoms with E-state index in [2.05, 4.69) is 15.3 Å².